The van der Waals surface area contributed by atoms with Crippen molar-refractivity contribution in [3.63, 3.8) is 0 Å². The third kappa shape index (κ3) is 11.3. The van der Waals surface area contributed by atoms with Crippen molar-refractivity contribution in [3.05, 3.63) is 83.2 Å². The molecule has 4 amide bonds. The van der Waals surface area contributed by atoms with Crippen LogP contribution in [0.2, 0.25) is 0 Å². The summed E-state index contributed by atoms with van der Waals surface area (Å²) in [6.45, 7) is 14.5. The average molecular weight is 1050 g/mol. The minimum atomic E-state index is -3.85. The summed E-state index contributed by atoms with van der Waals surface area (Å²) in [6.07, 6.45) is 9.42. The standard InChI is InChI=1S/C53H70N14O7S/c1-32-33(2)62-63-47(32)61-48-38-26-45(75(72,73)53(4,5)6)44(27-40(38)57-31-58-48)74-25-11-19-64-21-23-65(24-22-64)46-29-55-41(28-56-46)51(70)66-20-18-36-16-17-43(67(36)52(71)42(30-66)60-49(68)34(3)54-7)50(69)59-39-15-10-13-35-12-8-9-14-37(35)39/h8-9,12,14,26-29,31,34,36,39,42-43,54H,10-11,13,15-25,30H2,1-7H3,(H,59,69)(H,60,68)(H2,57,58,61,62,63)/t34-,36+,39+,42-,43-/m0/s1. The molecule has 2 aromatic carbocycles. The van der Waals surface area contributed by atoms with Crippen molar-refractivity contribution in [2.24, 2.45) is 0 Å². The van der Waals surface area contributed by atoms with Gasteiger partial charge in [-0.15, -0.1) is 0 Å². The molecule has 0 radical (unpaired) electrons. The first-order chi connectivity index (χ1) is 35.9. The Bertz CT molecular complexity index is 3030. The van der Waals surface area contributed by atoms with Gasteiger partial charge in [0, 0.05) is 68.0 Å². The Morgan fingerprint density at radius 2 is 1.69 bits per heavy atom. The van der Waals surface area contributed by atoms with Crippen molar-refractivity contribution in [1.82, 2.24) is 60.8 Å². The summed E-state index contributed by atoms with van der Waals surface area (Å²) in [5.41, 5.74) is 4.82. The Hall–Kier alpha value is -6.78. The summed E-state index contributed by atoms with van der Waals surface area (Å²) in [4.78, 5) is 82.0. The molecule has 4 aliphatic rings. The number of hydrogen-bond acceptors (Lipinski definition) is 16. The monoisotopic (exact) mass is 1050 g/mol. The van der Waals surface area contributed by atoms with Crippen molar-refractivity contribution in [2.45, 2.75) is 126 Å². The van der Waals surface area contributed by atoms with Gasteiger partial charge in [0.15, 0.2) is 15.7 Å². The molecule has 0 unspecified atom stereocenters. The minimum Gasteiger partial charge on any atom is -0.492 e. The number of aryl methyl sites for hydroxylation is 2. The Morgan fingerprint density at radius 3 is 2.41 bits per heavy atom. The summed E-state index contributed by atoms with van der Waals surface area (Å²) < 4.78 is 33.1. The molecule has 5 aromatic rings. The molecule has 75 heavy (non-hydrogen) atoms. The zero-order valence-electron chi connectivity index (χ0n) is 44.0. The van der Waals surface area contributed by atoms with Gasteiger partial charge in [0.05, 0.1) is 47.9 Å². The number of carbonyl (C=O) groups excluding carboxylic acids is 4. The smallest absolute Gasteiger partial charge is 0.274 e. The zero-order chi connectivity index (χ0) is 53.2. The van der Waals surface area contributed by atoms with Gasteiger partial charge in [0.25, 0.3) is 5.91 Å². The average Bonchev–Trinajstić information content (AvgIpc) is 3.98. The van der Waals surface area contributed by atoms with E-state index in [1.807, 2.05) is 26.0 Å². The number of anilines is 3. The number of aromatic nitrogens is 6. The van der Waals surface area contributed by atoms with E-state index in [1.165, 1.54) is 18.1 Å². The third-order valence-corrected chi connectivity index (χ3v) is 17.8. The molecule has 3 saturated heterocycles. The summed E-state index contributed by atoms with van der Waals surface area (Å²) in [7, 11) is -2.19. The van der Waals surface area contributed by atoms with E-state index in [0.29, 0.717) is 73.7 Å². The van der Waals surface area contributed by atoms with Crippen LogP contribution in [0.15, 0.2) is 60.0 Å². The number of rotatable bonds is 15. The molecule has 5 atom stereocenters. The number of aromatic amines is 1. The van der Waals surface area contributed by atoms with Crippen molar-refractivity contribution in [2.75, 3.05) is 69.7 Å². The summed E-state index contributed by atoms with van der Waals surface area (Å²) in [5, 5.41) is 20.1. The molecule has 3 aliphatic heterocycles. The first kappa shape index (κ1) is 53.1. The van der Waals surface area contributed by atoms with Crippen molar-refractivity contribution in [3.8, 4) is 5.75 Å². The van der Waals surface area contributed by atoms with Gasteiger partial charge in [-0.05, 0) is 111 Å². The molecule has 0 saturated carbocycles. The molecule has 1 aliphatic carbocycles. The second kappa shape index (κ2) is 22.2. The van der Waals surface area contributed by atoms with E-state index in [9.17, 15) is 27.6 Å². The number of carbonyl (C=O) groups is 4. The van der Waals surface area contributed by atoms with Gasteiger partial charge in [0.2, 0.25) is 17.7 Å². The van der Waals surface area contributed by atoms with Gasteiger partial charge in [-0.1, -0.05) is 24.3 Å². The Labute approximate surface area is 438 Å². The lowest BCUT2D eigenvalue weighted by molar-refractivity contribution is -0.145. The number of amides is 4. The molecule has 21 nitrogen and oxygen atoms in total. The lowest BCUT2D eigenvalue weighted by Gasteiger charge is -2.39. The number of sulfone groups is 1. The molecular formula is C53H70N14O7S. The molecule has 3 aromatic heterocycles. The second-order valence-corrected chi connectivity index (χ2v) is 23.8. The van der Waals surface area contributed by atoms with Crippen LogP contribution in [0, 0.1) is 13.8 Å². The SMILES string of the molecule is CN[C@@H](C)C(=O)N[C@H]1CN(C(=O)c2cnc(N3CCN(CCCOc4cc5ncnc(Nc6n[nH]c(C)c6C)c5cc4S(=O)(=O)C(C)(C)C)CC3)cn2)CC[C@H]2CC[C@@H](C(=O)N[C@@H]3CCCc4ccccc43)N2C1=O. The maximum absolute atomic E-state index is 14.6. The number of hydrogen-bond donors (Lipinski definition) is 5. The fourth-order valence-electron chi connectivity index (χ4n) is 10.5. The molecule has 22 heteroatoms. The molecule has 6 heterocycles. The molecular weight excluding hydrogens is 977 g/mol. The Morgan fingerprint density at radius 1 is 0.907 bits per heavy atom. The second-order valence-electron chi connectivity index (χ2n) is 21.1. The van der Waals surface area contributed by atoms with Gasteiger partial charge in [-0.25, -0.2) is 28.4 Å². The van der Waals surface area contributed by atoms with Crippen molar-refractivity contribution < 1.29 is 32.3 Å². The molecule has 0 bridgehead atoms. The number of H-pyrrole nitrogens is 1. The first-order valence-electron chi connectivity index (χ1n) is 26.1. The number of nitrogens with one attached hydrogen (secondary N) is 5. The molecule has 3 fully saturated rings. The number of fused-ring (bicyclic) bond motifs is 3. The van der Waals surface area contributed by atoms with Crippen molar-refractivity contribution in [1.29, 1.82) is 0 Å². The molecule has 5 N–H and O–H groups in total. The van der Waals surface area contributed by atoms with E-state index in [1.54, 1.807) is 62.9 Å². The summed E-state index contributed by atoms with van der Waals surface area (Å²) in [5.74, 6) is 0.515. The molecule has 400 valence electrons. The van der Waals surface area contributed by atoms with Crippen LogP contribution in [-0.4, -0.2) is 165 Å². The largest absolute Gasteiger partial charge is 0.492 e. The normalized spacial score (nSPS) is 20.9. The van der Waals surface area contributed by atoms with Crippen LogP contribution in [0.25, 0.3) is 10.9 Å². The van der Waals surface area contributed by atoms with Crippen LogP contribution in [-0.2, 0) is 30.6 Å². The maximum atomic E-state index is 14.6. The van der Waals surface area contributed by atoms with Crippen LogP contribution in [0.3, 0.4) is 0 Å². The van der Waals surface area contributed by atoms with E-state index in [4.69, 9.17) is 4.74 Å². The summed E-state index contributed by atoms with van der Waals surface area (Å²) in [6, 6.07) is 8.60. The predicted octanol–water partition coefficient (Wildman–Crippen LogP) is 4.16. The van der Waals surface area contributed by atoms with Gasteiger partial charge in [-0.2, -0.15) is 5.10 Å². The maximum Gasteiger partial charge on any atom is 0.274 e. The molecule has 0 spiro atoms. The predicted molar refractivity (Wildman–Crippen MR) is 284 cm³/mol. The quantitative estimate of drug-likeness (QED) is 0.0924. The molecule has 9 rings (SSSR count). The third-order valence-electron chi connectivity index (χ3n) is 15.3. The number of piperazine rings is 1. The van der Waals surface area contributed by atoms with Gasteiger partial charge in [-0.3, -0.25) is 29.2 Å². The fourth-order valence-corrected chi connectivity index (χ4v) is 11.8. The van der Waals surface area contributed by atoms with Gasteiger partial charge < -0.3 is 40.7 Å². The van der Waals surface area contributed by atoms with Gasteiger partial charge in [0.1, 0.15) is 46.4 Å². The van der Waals surface area contributed by atoms with Crippen LogP contribution in [0.4, 0.5) is 17.5 Å². The lowest BCUT2D eigenvalue weighted by Crippen LogP contribution is -2.62. The number of nitrogens with zero attached hydrogens (tertiary/aromatic N) is 9. The highest BCUT2D eigenvalue weighted by Gasteiger charge is 2.46. The van der Waals surface area contributed by atoms with E-state index >= 15 is 0 Å². The zero-order valence-corrected chi connectivity index (χ0v) is 44.8. The Balaban J connectivity index is 0.803. The van der Waals surface area contributed by atoms with E-state index in [-0.39, 0.29) is 53.4 Å². The highest BCUT2D eigenvalue weighted by atomic mass is 32.2. The summed E-state index contributed by atoms with van der Waals surface area (Å²) >= 11 is 0. The van der Waals surface area contributed by atoms with E-state index in [0.717, 1.165) is 55.7 Å². The number of ether oxygens (including phenoxy) is 1. The van der Waals surface area contributed by atoms with Crippen LogP contribution < -0.4 is 30.9 Å². The fraction of sp³-hybridized carbons (Fsp3) is 0.528. The number of benzene rings is 2. The van der Waals surface area contributed by atoms with Gasteiger partial charge >= 0.3 is 0 Å². The van der Waals surface area contributed by atoms with Crippen LogP contribution >= 0.6 is 0 Å². The Kier molecular flexibility index (Phi) is 15.7. The van der Waals surface area contributed by atoms with Crippen LogP contribution in [0.1, 0.15) is 105 Å². The van der Waals surface area contributed by atoms with E-state index < -0.39 is 44.5 Å². The lowest BCUT2D eigenvalue weighted by atomic mass is 9.87. The topological polar surface area (TPSA) is 253 Å². The highest BCUT2D eigenvalue weighted by Crippen LogP contribution is 2.38. The van der Waals surface area contributed by atoms with Crippen LogP contribution in [0.5, 0.6) is 5.75 Å². The number of likely N-dealkylation sites (N-methyl/N-ethyl adjacent to an activating group) is 1. The highest BCUT2D eigenvalue weighted by molar-refractivity contribution is 7.92. The van der Waals surface area contributed by atoms with Crippen molar-refractivity contribution >= 4 is 61.8 Å². The first-order valence-corrected chi connectivity index (χ1v) is 27.6. The minimum absolute atomic E-state index is 0.0694. The van der Waals surface area contributed by atoms with E-state index in [2.05, 4.69) is 73.3 Å².